The Morgan fingerprint density at radius 1 is 1.07 bits per heavy atom. The Morgan fingerprint density at radius 3 is 2.70 bits per heavy atom. The first-order valence-electron chi connectivity index (χ1n) is 8.83. The number of hydrogen-bond donors (Lipinski definition) is 1. The van der Waals surface area contributed by atoms with E-state index in [0.29, 0.717) is 16.8 Å². The standard InChI is InChI=1S/C22H18N4O/c23-14-18-6-3-4-8-20(18)25-22(27)17-9-11-24-21(13-17)26-12-10-16-5-1-2-7-19(16)15-26/h1-9,11,13H,10,12,15H2,(H,25,27). The number of aromatic nitrogens is 1. The summed E-state index contributed by atoms with van der Waals surface area (Å²) in [7, 11) is 0. The van der Waals surface area contributed by atoms with E-state index in [0.717, 1.165) is 25.3 Å². The summed E-state index contributed by atoms with van der Waals surface area (Å²) in [6.07, 6.45) is 2.62. The number of rotatable bonds is 3. The van der Waals surface area contributed by atoms with Gasteiger partial charge in [-0.2, -0.15) is 5.26 Å². The van der Waals surface area contributed by atoms with Crippen LogP contribution in [0.15, 0.2) is 66.9 Å². The minimum Gasteiger partial charge on any atom is -0.352 e. The van der Waals surface area contributed by atoms with Gasteiger partial charge in [0, 0.05) is 24.8 Å². The highest BCUT2D eigenvalue weighted by Crippen LogP contribution is 2.24. The predicted octanol–water partition coefficient (Wildman–Crippen LogP) is 3.77. The molecule has 1 aliphatic heterocycles. The van der Waals surface area contributed by atoms with Crippen molar-refractivity contribution in [2.24, 2.45) is 0 Å². The molecule has 0 fully saturated rings. The van der Waals surface area contributed by atoms with Crippen LogP contribution in [-0.4, -0.2) is 17.4 Å². The van der Waals surface area contributed by atoms with Gasteiger partial charge in [-0.25, -0.2) is 4.98 Å². The maximum atomic E-state index is 12.6. The lowest BCUT2D eigenvalue weighted by molar-refractivity contribution is 0.102. The van der Waals surface area contributed by atoms with Gasteiger partial charge in [0.25, 0.3) is 5.91 Å². The molecular weight excluding hydrogens is 336 g/mol. The molecule has 4 rings (SSSR count). The SMILES string of the molecule is N#Cc1ccccc1NC(=O)c1ccnc(N2CCc3ccccc3C2)c1. The number of carbonyl (C=O) groups excluding carboxylic acids is 1. The molecule has 0 unspecified atom stereocenters. The number of nitrogens with one attached hydrogen (secondary N) is 1. The molecule has 3 aromatic rings. The summed E-state index contributed by atoms with van der Waals surface area (Å²) in [5, 5.41) is 12.0. The fourth-order valence-electron chi connectivity index (χ4n) is 3.31. The van der Waals surface area contributed by atoms with Gasteiger partial charge in [-0.15, -0.1) is 0 Å². The summed E-state index contributed by atoms with van der Waals surface area (Å²) in [4.78, 5) is 19.3. The van der Waals surface area contributed by atoms with Crippen LogP contribution in [0.5, 0.6) is 0 Å². The van der Waals surface area contributed by atoms with Gasteiger partial charge < -0.3 is 10.2 Å². The largest absolute Gasteiger partial charge is 0.352 e. The van der Waals surface area contributed by atoms with Crippen molar-refractivity contribution in [3.05, 3.63) is 89.1 Å². The second-order valence-electron chi connectivity index (χ2n) is 6.45. The molecule has 2 aromatic carbocycles. The molecule has 0 saturated carbocycles. The molecule has 27 heavy (non-hydrogen) atoms. The molecule has 1 aromatic heterocycles. The van der Waals surface area contributed by atoms with Gasteiger partial charge in [0.1, 0.15) is 11.9 Å². The van der Waals surface area contributed by atoms with E-state index in [1.807, 2.05) is 6.07 Å². The van der Waals surface area contributed by atoms with Gasteiger partial charge in [0.05, 0.1) is 11.3 Å². The third kappa shape index (κ3) is 3.51. The van der Waals surface area contributed by atoms with Crippen molar-refractivity contribution >= 4 is 17.4 Å². The van der Waals surface area contributed by atoms with Crippen LogP contribution in [0.3, 0.4) is 0 Å². The van der Waals surface area contributed by atoms with Crippen LogP contribution in [0.1, 0.15) is 27.0 Å². The molecule has 0 spiro atoms. The highest BCUT2D eigenvalue weighted by atomic mass is 16.1. The highest BCUT2D eigenvalue weighted by molar-refractivity contribution is 6.05. The number of benzene rings is 2. The van der Waals surface area contributed by atoms with Crippen LogP contribution in [0, 0.1) is 11.3 Å². The van der Waals surface area contributed by atoms with Crippen LogP contribution in [0.4, 0.5) is 11.5 Å². The van der Waals surface area contributed by atoms with Crippen molar-refractivity contribution in [2.75, 3.05) is 16.8 Å². The Bertz CT molecular complexity index is 1040. The third-order valence-corrected chi connectivity index (χ3v) is 4.76. The van der Waals surface area contributed by atoms with E-state index in [9.17, 15) is 10.1 Å². The normalized spacial score (nSPS) is 12.8. The van der Waals surface area contributed by atoms with E-state index in [1.54, 1.807) is 42.6 Å². The lowest BCUT2D eigenvalue weighted by atomic mass is 10.00. The van der Waals surface area contributed by atoms with Crippen molar-refractivity contribution in [1.82, 2.24) is 4.98 Å². The maximum Gasteiger partial charge on any atom is 0.255 e. The predicted molar refractivity (Wildman–Crippen MR) is 105 cm³/mol. The Hall–Kier alpha value is -3.65. The van der Waals surface area contributed by atoms with Crippen molar-refractivity contribution in [1.29, 1.82) is 5.26 Å². The van der Waals surface area contributed by atoms with Crippen LogP contribution in [-0.2, 0) is 13.0 Å². The molecule has 5 nitrogen and oxygen atoms in total. The number of carbonyl (C=O) groups is 1. The number of nitrogens with zero attached hydrogens (tertiary/aromatic N) is 3. The van der Waals surface area contributed by atoms with E-state index in [-0.39, 0.29) is 5.91 Å². The molecule has 1 aliphatic rings. The van der Waals surface area contributed by atoms with Gasteiger partial charge in [0.2, 0.25) is 0 Å². The van der Waals surface area contributed by atoms with Gasteiger partial charge in [-0.1, -0.05) is 36.4 Å². The van der Waals surface area contributed by atoms with E-state index in [1.165, 1.54) is 11.1 Å². The van der Waals surface area contributed by atoms with Gasteiger partial charge in [-0.3, -0.25) is 4.79 Å². The second-order valence-corrected chi connectivity index (χ2v) is 6.45. The van der Waals surface area contributed by atoms with E-state index in [4.69, 9.17) is 0 Å². The molecule has 2 heterocycles. The fourth-order valence-corrected chi connectivity index (χ4v) is 3.31. The Labute approximate surface area is 157 Å². The number of anilines is 2. The fraction of sp³-hybridized carbons (Fsp3) is 0.136. The van der Waals surface area contributed by atoms with E-state index < -0.39 is 0 Å². The molecule has 0 atom stereocenters. The van der Waals surface area contributed by atoms with Crippen LogP contribution in [0.2, 0.25) is 0 Å². The molecule has 0 aliphatic carbocycles. The summed E-state index contributed by atoms with van der Waals surface area (Å²) in [6.45, 7) is 1.65. The summed E-state index contributed by atoms with van der Waals surface area (Å²) in [5.74, 6) is 0.532. The van der Waals surface area contributed by atoms with Crippen molar-refractivity contribution in [2.45, 2.75) is 13.0 Å². The summed E-state index contributed by atoms with van der Waals surface area (Å²) >= 11 is 0. The first-order chi connectivity index (χ1) is 13.2. The summed E-state index contributed by atoms with van der Waals surface area (Å²) in [5.41, 5.74) is 4.13. The van der Waals surface area contributed by atoms with Crippen molar-refractivity contribution < 1.29 is 4.79 Å². The first kappa shape index (κ1) is 16.8. The molecule has 1 amide bonds. The average molecular weight is 354 g/mol. The monoisotopic (exact) mass is 354 g/mol. The zero-order valence-electron chi connectivity index (χ0n) is 14.7. The first-order valence-corrected chi connectivity index (χ1v) is 8.83. The quantitative estimate of drug-likeness (QED) is 0.777. The minimum atomic E-state index is -0.251. The molecule has 1 N–H and O–H groups in total. The smallest absolute Gasteiger partial charge is 0.255 e. The second kappa shape index (κ2) is 7.30. The number of nitriles is 1. The number of para-hydroxylation sites is 1. The molecule has 5 heteroatoms. The highest BCUT2D eigenvalue weighted by Gasteiger charge is 2.18. The molecule has 0 saturated heterocycles. The Morgan fingerprint density at radius 2 is 1.85 bits per heavy atom. The average Bonchev–Trinajstić information content (AvgIpc) is 2.74. The van der Waals surface area contributed by atoms with Gasteiger partial charge in [-0.05, 0) is 41.8 Å². The summed E-state index contributed by atoms with van der Waals surface area (Å²) in [6, 6.07) is 21.0. The van der Waals surface area contributed by atoms with E-state index >= 15 is 0 Å². The van der Waals surface area contributed by atoms with Crippen molar-refractivity contribution in [3.8, 4) is 6.07 Å². The van der Waals surface area contributed by atoms with Crippen molar-refractivity contribution in [3.63, 3.8) is 0 Å². The number of amides is 1. The number of fused-ring (bicyclic) bond motifs is 1. The Kier molecular flexibility index (Phi) is 4.54. The molecule has 132 valence electrons. The number of hydrogen-bond acceptors (Lipinski definition) is 4. The Balaban J connectivity index is 1.54. The third-order valence-electron chi connectivity index (χ3n) is 4.76. The van der Waals surface area contributed by atoms with Crippen LogP contribution >= 0.6 is 0 Å². The van der Waals surface area contributed by atoms with Gasteiger partial charge in [0.15, 0.2) is 0 Å². The maximum absolute atomic E-state index is 12.6. The molecule has 0 radical (unpaired) electrons. The lowest BCUT2D eigenvalue weighted by Crippen LogP contribution is -2.31. The molecule has 0 bridgehead atoms. The van der Waals surface area contributed by atoms with E-state index in [2.05, 4.69) is 39.5 Å². The zero-order valence-corrected chi connectivity index (χ0v) is 14.7. The topological polar surface area (TPSA) is 69.0 Å². The van der Waals surface area contributed by atoms with Gasteiger partial charge >= 0.3 is 0 Å². The minimum absolute atomic E-state index is 0.251. The zero-order chi connectivity index (χ0) is 18.6. The number of pyridine rings is 1. The molecular formula is C22H18N4O. The van der Waals surface area contributed by atoms with Crippen LogP contribution in [0.25, 0.3) is 0 Å². The van der Waals surface area contributed by atoms with Crippen LogP contribution < -0.4 is 10.2 Å². The summed E-state index contributed by atoms with van der Waals surface area (Å²) < 4.78 is 0. The lowest BCUT2D eigenvalue weighted by Gasteiger charge is -2.29.